The summed E-state index contributed by atoms with van der Waals surface area (Å²) in [6.45, 7) is 2.21. The molecular formula is C24H27NO6. The standard InChI is InChI=1S/C24H27NO6/c1-13-7-20(27)23(29)24(31-13)18(16-5-6-19(26)21(10-16)30-2)11-22(28)25-12-17-9-14-3-4-15(17)8-14/h3-7,10,14-15,17-18,26,29H,8-9,11-12H2,1-2H3,(H,25,28)/t14-,15-,17-,18-/m0/s1. The fraction of sp³-hybridized carbons (Fsp3) is 0.417. The number of rotatable bonds is 7. The first-order chi connectivity index (χ1) is 14.9. The van der Waals surface area contributed by atoms with Gasteiger partial charge in [-0.2, -0.15) is 0 Å². The average Bonchev–Trinajstić information content (AvgIpc) is 3.37. The van der Waals surface area contributed by atoms with Crippen LogP contribution in [-0.4, -0.2) is 29.8 Å². The van der Waals surface area contributed by atoms with Crippen molar-refractivity contribution in [1.29, 1.82) is 0 Å². The first-order valence-corrected chi connectivity index (χ1v) is 10.5. The van der Waals surface area contributed by atoms with E-state index in [2.05, 4.69) is 17.5 Å². The molecule has 2 aliphatic carbocycles. The number of hydrogen-bond acceptors (Lipinski definition) is 6. The lowest BCUT2D eigenvalue weighted by Crippen LogP contribution is -2.32. The number of nitrogens with one attached hydrogen (secondary N) is 1. The topological polar surface area (TPSA) is 109 Å². The van der Waals surface area contributed by atoms with Gasteiger partial charge < -0.3 is 24.7 Å². The summed E-state index contributed by atoms with van der Waals surface area (Å²) in [5.74, 6) is 0.696. The van der Waals surface area contributed by atoms with E-state index in [1.807, 2.05) is 0 Å². The van der Waals surface area contributed by atoms with Crippen LogP contribution in [0.15, 0.2) is 45.6 Å². The number of carbonyl (C=O) groups is 1. The van der Waals surface area contributed by atoms with Gasteiger partial charge in [-0.15, -0.1) is 0 Å². The van der Waals surface area contributed by atoms with Gasteiger partial charge in [-0.05, 0) is 55.2 Å². The predicted octanol–water partition coefficient (Wildman–Crippen LogP) is 3.22. The van der Waals surface area contributed by atoms with Crippen molar-refractivity contribution in [3.8, 4) is 17.2 Å². The first kappa shape index (κ1) is 21.0. The highest BCUT2D eigenvalue weighted by Crippen LogP contribution is 2.43. The number of phenolic OH excluding ortho intramolecular Hbond substituents is 1. The molecule has 1 fully saturated rings. The highest BCUT2D eigenvalue weighted by atomic mass is 16.5. The molecule has 4 rings (SSSR count). The van der Waals surface area contributed by atoms with E-state index in [0.29, 0.717) is 35.6 Å². The highest BCUT2D eigenvalue weighted by Gasteiger charge is 2.35. The van der Waals surface area contributed by atoms with Crippen molar-refractivity contribution in [3.05, 3.63) is 63.7 Å². The first-order valence-electron chi connectivity index (χ1n) is 10.5. The van der Waals surface area contributed by atoms with Gasteiger partial charge >= 0.3 is 0 Å². The van der Waals surface area contributed by atoms with Crippen molar-refractivity contribution in [2.45, 2.75) is 32.1 Å². The van der Waals surface area contributed by atoms with Crippen LogP contribution in [0.5, 0.6) is 17.2 Å². The smallest absolute Gasteiger partial charge is 0.227 e. The zero-order valence-corrected chi connectivity index (χ0v) is 17.6. The van der Waals surface area contributed by atoms with Gasteiger partial charge in [-0.1, -0.05) is 18.2 Å². The second kappa shape index (κ2) is 8.49. The van der Waals surface area contributed by atoms with Crippen LogP contribution >= 0.6 is 0 Å². The van der Waals surface area contributed by atoms with Gasteiger partial charge in [0.25, 0.3) is 0 Å². The molecule has 1 amide bonds. The summed E-state index contributed by atoms with van der Waals surface area (Å²) in [6, 6.07) is 5.86. The van der Waals surface area contributed by atoms with Gasteiger partial charge in [-0.3, -0.25) is 9.59 Å². The summed E-state index contributed by atoms with van der Waals surface area (Å²) < 4.78 is 10.9. The third kappa shape index (κ3) is 4.31. The second-order valence-corrected chi connectivity index (χ2v) is 8.47. The van der Waals surface area contributed by atoms with E-state index >= 15 is 0 Å². The fourth-order valence-electron chi connectivity index (χ4n) is 4.77. The number of methoxy groups -OCH3 is 1. The van der Waals surface area contributed by atoms with Crippen LogP contribution in [0.4, 0.5) is 0 Å². The van der Waals surface area contributed by atoms with Crippen LogP contribution in [0, 0.1) is 24.7 Å². The summed E-state index contributed by atoms with van der Waals surface area (Å²) >= 11 is 0. The minimum Gasteiger partial charge on any atom is -0.504 e. The SMILES string of the molecule is COc1cc([C@H](CC(=O)NC[C@@H]2C[C@H]3C=C[C@H]2C3)c2oc(C)cc(=O)c2O)ccc1O. The van der Waals surface area contributed by atoms with Crippen molar-refractivity contribution in [2.24, 2.45) is 17.8 Å². The van der Waals surface area contributed by atoms with E-state index in [1.165, 1.54) is 25.7 Å². The van der Waals surface area contributed by atoms with E-state index < -0.39 is 17.1 Å². The van der Waals surface area contributed by atoms with Crippen molar-refractivity contribution in [2.75, 3.05) is 13.7 Å². The molecule has 2 aromatic rings. The van der Waals surface area contributed by atoms with E-state index in [-0.39, 0.29) is 29.6 Å². The Morgan fingerprint density at radius 1 is 1.26 bits per heavy atom. The predicted molar refractivity (Wildman–Crippen MR) is 114 cm³/mol. The molecule has 0 spiro atoms. The maximum absolute atomic E-state index is 12.9. The summed E-state index contributed by atoms with van der Waals surface area (Å²) in [5, 5.41) is 23.3. The number of carbonyl (C=O) groups excluding carboxylic acids is 1. The zero-order valence-electron chi connectivity index (χ0n) is 17.6. The Hall–Kier alpha value is -3.22. The molecule has 7 heteroatoms. The van der Waals surface area contributed by atoms with Crippen molar-refractivity contribution in [3.63, 3.8) is 0 Å². The van der Waals surface area contributed by atoms with Crippen LogP contribution < -0.4 is 15.5 Å². The van der Waals surface area contributed by atoms with Gasteiger partial charge in [-0.25, -0.2) is 0 Å². The highest BCUT2D eigenvalue weighted by molar-refractivity contribution is 5.77. The number of ether oxygens (including phenoxy) is 1. The molecule has 164 valence electrons. The Labute approximate surface area is 180 Å². The van der Waals surface area contributed by atoms with Crippen LogP contribution in [0.3, 0.4) is 0 Å². The summed E-state index contributed by atoms with van der Waals surface area (Å²) in [4.78, 5) is 25.0. The molecule has 1 aromatic heterocycles. The number of allylic oxidation sites excluding steroid dienone is 2. The van der Waals surface area contributed by atoms with Gasteiger partial charge in [0.05, 0.1) is 13.0 Å². The largest absolute Gasteiger partial charge is 0.504 e. The minimum absolute atomic E-state index is 0.0233. The normalized spacial score (nSPS) is 22.5. The summed E-state index contributed by atoms with van der Waals surface area (Å²) in [7, 11) is 1.43. The van der Waals surface area contributed by atoms with E-state index in [0.717, 1.165) is 6.42 Å². The Balaban J connectivity index is 1.59. The quantitative estimate of drug-likeness (QED) is 0.588. The number of aryl methyl sites for hydroxylation is 1. The lowest BCUT2D eigenvalue weighted by Gasteiger charge is -2.21. The van der Waals surface area contributed by atoms with Gasteiger partial charge in [0.15, 0.2) is 17.3 Å². The zero-order chi connectivity index (χ0) is 22.1. The molecule has 0 saturated heterocycles. The van der Waals surface area contributed by atoms with Crippen molar-refractivity contribution in [1.82, 2.24) is 5.32 Å². The molecule has 1 aromatic carbocycles. The number of phenols is 1. The molecule has 2 bridgehead atoms. The number of fused-ring (bicyclic) bond motifs is 2. The molecule has 2 aliphatic rings. The number of hydrogen-bond donors (Lipinski definition) is 3. The molecule has 1 heterocycles. The van der Waals surface area contributed by atoms with Gasteiger partial charge in [0.2, 0.25) is 17.1 Å². The molecule has 3 N–H and O–H groups in total. The van der Waals surface area contributed by atoms with Crippen LogP contribution in [0.2, 0.25) is 0 Å². The summed E-state index contributed by atoms with van der Waals surface area (Å²) in [5.41, 5.74) is 0.0142. The lowest BCUT2D eigenvalue weighted by molar-refractivity contribution is -0.121. The van der Waals surface area contributed by atoms with Crippen LogP contribution in [0.1, 0.15) is 42.3 Å². The molecule has 0 unspecified atom stereocenters. The average molecular weight is 425 g/mol. The maximum atomic E-state index is 12.9. The van der Waals surface area contributed by atoms with E-state index in [4.69, 9.17) is 9.15 Å². The second-order valence-electron chi connectivity index (χ2n) is 8.47. The van der Waals surface area contributed by atoms with E-state index in [9.17, 15) is 19.8 Å². The maximum Gasteiger partial charge on any atom is 0.227 e. The number of amides is 1. The molecule has 0 aliphatic heterocycles. The van der Waals surface area contributed by atoms with E-state index in [1.54, 1.807) is 19.1 Å². The third-order valence-electron chi connectivity index (χ3n) is 6.36. The summed E-state index contributed by atoms with van der Waals surface area (Å²) in [6.07, 6.45) is 6.74. The van der Waals surface area contributed by atoms with Crippen molar-refractivity contribution >= 4 is 5.91 Å². The third-order valence-corrected chi connectivity index (χ3v) is 6.36. The van der Waals surface area contributed by atoms with Gasteiger partial charge in [0.1, 0.15) is 5.76 Å². The minimum atomic E-state index is -0.720. The van der Waals surface area contributed by atoms with Crippen molar-refractivity contribution < 1.29 is 24.2 Å². The Morgan fingerprint density at radius 3 is 2.74 bits per heavy atom. The number of aromatic hydroxyl groups is 2. The Kier molecular flexibility index (Phi) is 5.76. The Bertz CT molecular complexity index is 1070. The number of benzene rings is 1. The molecule has 1 saturated carbocycles. The molecule has 7 nitrogen and oxygen atoms in total. The fourth-order valence-corrected chi connectivity index (χ4v) is 4.77. The van der Waals surface area contributed by atoms with Crippen LogP contribution in [-0.2, 0) is 4.79 Å². The molecule has 0 radical (unpaired) electrons. The van der Waals surface area contributed by atoms with Crippen LogP contribution in [0.25, 0.3) is 0 Å². The molecule has 4 atom stereocenters. The Morgan fingerprint density at radius 2 is 2.06 bits per heavy atom. The lowest BCUT2D eigenvalue weighted by atomic mass is 9.90. The molecule has 31 heavy (non-hydrogen) atoms. The van der Waals surface area contributed by atoms with Gasteiger partial charge in [0, 0.05) is 19.0 Å². The molecular weight excluding hydrogens is 398 g/mol. The monoisotopic (exact) mass is 425 g/mol.